The highest BCUT2D eigenvalue weighted by Gasteiger charge is 2.42. The Bertz CT molecular complexity index is 1390. The lowest BCUT2D eigenvalue weighted by Gasteiger charge is -2.41. The van der Waals surface area contributed by atoms with Crippen LogP contribution in [0.2, 0.25) is 0 Å². The molecular formula is C27H25BN2. The van der Waals surface area contributed by atoms with Gasteiger partial charge in [0.05, 0.1) is 0 Å². The topological polar surface area (TPSA) is 8.17 Å². The van der Waals surface area contributed by atoms with Crippen molar-refractivity contribution in [3.8, 4) is 5.69 Å². The number of rotatable bonds is 2. The molecule has 146 valence electrons. The van der Waals surface area contributed by atoms with E-state index >= 15 is 0 Å². The first-order valence-electron chi connectivity index (χ1n) is 10.9. The molecule has 2 aliphatic heterocycles. The average Bonchev–Trinajstić information content (AvgIpc) is 3.01. The van der Waals surface area contributed by atoms with Crippen molar-refractivity contribution in [1.82, 2.24) is 4.57 Å². The van der Waals surface area contributed by atoms with Crippen LogP contribution in [0.4, 0.5) is 11.4 Å². The maximum atomic E-state index is 4.37. The highest BCUT2D eigenvalue weighted by molar-refractivity contribution is 7.00. The largest absolute Gasteiger partial charge is 0.316 e. The lowest BCUT2D eigenvalue weighted by Crippen LogP contribution is -2.61. The first-order valence-corrected chi connectivity index (χ1v) is 10.9. The molecule has 4 aromatic rings. The van der Waals surface area contributed by atoms with Crippen molar-refractivity contribution < 1.29 is 0 Å². The fraction of sp³-hybridized carbons (Fsp3) is 0.185. The highest BCUT2D eigenvalue weighted by atomic mass is 15.2. The van der Waals surface area contributed by atoms with Gasteiger partial charge in [-0.2, -0.15) is 0 Å². The van der Waals surface area contributed by atoms with Gasteiger partial charge in [-0.05, 0) is 66.8 Å². The molecule has 2 aliphatic rings. The molecule has 3 heteroatoms. The number of para-hydroxylation sites is 2. The molecule has 30 heavy (non-hydrogen) atoms. The summed E-state index contributed by atoms with van der Waals surface area (Å²) >= 11 is 0. The van der Waals surface area contributed by atoms with E-state index in [0.717, 1.165) is 12.1 Å². The minimum atomic E-state index is 0.248. The zero-order chi connectivity index (χ0) is 20.7. The first-order chi connectivity index (χ1) is 14.5. The molecule has 0 saturated carbocycles. The van der Waals surface area contributed by atoms with E-state index in [1.54, 1.807) is 0 Å². The molecule has 0 amide bonds. The summed E-state index contributed by atoms with van der Waals surface area (Å²) in [5, 5.41) is 1.37. The van der Waals surface area contributed by atoms with Crippen LogP contribution in [0.3, 0.4) is 0 Å². The summed E-state index contributed by atoms with van der Waals surface area (Å²) in [4.78, 5) is 2.39. The summed E-state index contributed by atoms with van der Waals surface area (Å²) in [7, 11) is 0. The molecule has 0 unspecified atom stereocenters. The Morgan fingerprint density at radius 3 is 2.40 bits per heavy atom. The Morgan fingerprint density at radius 1 is 0.933 bits per heavy atom. The van der Waals surface area contributed by atoms with Crippen molar-refractivity contribution in [2.24, 2.45) is 0 Å². The normalized spacial score (nSPS) is 13.5. The third-order valence-corrected chi connectivity index (χ3v) is 7.16. The summed E-state index contributed by atoms with van der Waals surface area (Å²) in [6.07, 6.45) is 1.01. The Labute approximate surface area is 178 Å². The van der Waals surface area contributed by atoms with E-state index in [4.69, 9.17) is 0 Å². The van der Waals surface area contributed by atoms with Crippen molar-refractivity contribution in [3.63, 3.8) is 0 Å². The van der Waals surface area contributed by atoms with Crippen molar-refractivity contribution in [2.75, 3.05) is 4.90 Å². The fourth-order valence-corrected chi connectivity index (χ4v) is 5.80. The number of aryl methyl sites for hydroxylation is 2. The molecule has 0 aliphatic carbocycles. The lowest BCUT2D eigenvalue weighted by atomic mass is 9.33. The standard InChI is InChI=1S/C27H25BN2/c1-6-19-10-7-12-21-26(19)29(16(2)3)23-14-9-15-24-25(23)28(21)22-13-8-11-20-17(4)18(5)30(24)27(20)22/h7-15H,2,6H2,1,3-5H3. The summed E-state index contributed by atoms with van der Waals surface area (Å²) in [6.45, 7) is 13.5. The number of aromatic nitrogens is 1. The van der Waals surface area contributed by atoms with Gasteiger partial charge >= 0.3 is 0 Å². The number of anilines is 2. The Balaban J connectivity index is 1.84. The van der Waals surface area contributed by atoms with E-state index in [0.29, 0.717) is 0 Å². The van der Waals surface area contributed by atoms with Crippen molar-refractivity contribution in [3.05, 3.63) is 83.7 Å². The molecule has 3 heterocycles. The third-order valence-electron chi connectivity index (χ3n) is 7.16. The molecule has 1 aromatic heterocycles. The SMILES string of the molecule is C=C(C)N1c2cccc3c2B(c2cccc(CC)c21)c1cccc2c(C)c(C)n-3c12. The van der Waals surface area contributed by atoms with Gasteiger partial charge in [0.25, 0.3) is 6.71 Å². The van der Waals surface area contributed by atoms with Crippen LogP contribution < -0.4 is 21.3 Å². The molecule has 0 bridgehead atoms. The highest BCUT2D eigenvalue weighted by Crippen LogP contribution is 2.39. The van der Waals surface area contributed by atoms with Crippen LogP contribution in [0, 0.1) is 13.8 Å². The number of benzene rings is 3. The van der Waals surface area contributed by atoms with Crippen LogP contribution in [0.1, 0.15) is 30.7 Å². The maximum absolute atomic E-state index is 4.37. The van der Waals surface area contributed by atoms with E-state index in [2.05, 4.69) is 98.3 Å². The summed E-state index contributed by atoms with van der Waals surface area (Å²) in [5.74, 6) is 0. The van der Waals surface area contributed by atoms with Crippen LogP contribution in [0.15, 0.2) is 66.9 Å². The van der Waals surface area contributed by atoms with Gasteiger partial charge in [-0.25, -0.2) is 0 Å². The van der Waals surface area contributed by atoms with Gasteiger partial charge in [0.1, 0.15) is 0 Å². The summed E-state index contributed by atoms with van der Waals surface area (Å²) in [6, 6.07) is 20.4. The molecular weight excluding hydrogens is 363 g/mol. The first kappa shape index (κ1) is 17.6. The zero-order valence-electron chi connectivity index (χ0n) is 18.1. The van der Waals surface area contributed by atoms with Gasteiger partial charge in [-0.3, -0.25) is 0 Å². The predicted octanol–water partition coefficient (Wildman–Crippen LogP) is 4.62. The van der Waals surface area contributed by atoms with Crippen molar-refractivity contribution in [2.45, 2.75) is 34.1 Å². The average molecular weight is 388 g/mol. The second-order valence-electron chi connectivity index (χ2n) is 8.71. The fourth-order valence-electron chi connectivity index (χ4n) is 5.80. The molecule has 0 radical (unpaired) electrons. The van der Waals surface area contributed by atoms with E-state index in [1.165, 1.54) is 61.2 Å². The zero-order valence-corrected chi connectivity index (χ0v) is 18.1. The number of nitrogens with zero attached hydrogens (tertiary/aromatic N) is 2. The van der Waals surface area contributed by atoms with Crippen LogP contribution in [0.25, 0.3) is 16.6 Å². The monoisotopic (exact) mass is 388 g/mol. The smallest absolute Gasteiger partial charge is 0.252 e. The van der Waals surface area contributed by atoms with Crippen LogP contribution in [-0.2, 0) is 6.42 Å². The second-order valence-corrected chi connectivity index (χ2v) is 8.71. The van der Waals surface area contributed by atoms with Crippen LogP contribution in [0.5, 0.6) is 0 Å². The number of fused-ring (bicyclic) bond motifs is 4. The van der Waals surface area contributed by atoms with Gasteiger partial charge in [0.15, 0.2) is 0 Å². The number of hydrogen-bond donors (Lipinski definition) is 0. The van der Waals surface area contributed by atoms with Gasteiger partial charge < -0.3 is 9.47 Å². The summed E-state index contributed by atoms with van der Waals surface area (Å²) < 4.78 is 2.49. The third kappa shape index (κ3) is 1.95. The summed E-state index contributed by atoms with van der Waals surface area (Å²) in [5.41, 5.74) is 14.7. The molecule has 0 atom stereocenters. The molecule has 0 N–H and O–H groups in total. The Kier molecular flexibility index (Phi) is 3.48. The van der Waals surface area contributed by atoms with Crippen molar-refractivity contribution >= 4 is 45.4 Å². The van der Waals surface area contributed by atoms with Crippen LogP contribution in [-0.4, -0.2) is 11.3 Å². The predicted molar refractivity (Wildman–Crippen MR) is 130 cm³/mol. The van der Waals surface area contributed by atoms with Gasteiger partial charge in [0.2, 0.25) is 0 Å². The number of allylic oxidation sites excluding steroid dienone is 1. The van der Waals surface area contributed by atoms with E-state index in [1.807, 2.05) is 0 Å². The van der Waals surface area contributed by atoms with E-state index in [-0.39, 0.29) is 6.71 Å². The molecule has 0 spiro atoms. The Morgan fingerprint density at radius 2 is 1.63 bits per heavy atom. The number of hydrogen-bond acceptors (Lipinski definition) is 1. The maximum Gasteiger partial charge on any atom is 0.252 e. The van der Waals surface area contributed by atoms with Crippen molar-refractivity contribution in [1.29, 1.82) is 0 Å². The Hall–Kier alpha value is -3.20. The van der Waals surface area contributed by atoms with Crippen LogP contribution >= 0.6 is 0 Å². The lowest BCUT2D eigenvalue weighted by molar-refractivity contribution is 1.04. The minimum absolute atomic E-state index is 0.248. The molecule has 3 aromatic carbocycles. The van der Waals surface area contributed by atoms with Gasteiger partial charge in [0, 0.05) is 39.4 Å². The van der Waals surface area contributed by atoms with E-state index in [9.17, 15) is 0 Å². The van der Waals surface area contributed by atoms with Gasteiger partial charge in [-0.1, -0.05) is 56.0 Å². The molecule has 6 rings (SSSR count). The molecule has 0 fully saturated rings. The van der Waals surface area contributed by atoms with E-state index < -0.39 is 0 Å². The van der Waals surface area contributed by atoms with Gasteiger partial charge in [-0.15, -0.1) is 0 Å². The molecule has 2 nitrogen and oxygen atoms in total. The second kappa shape index (κ2) is 5.92. The minimum Gasteiger partial charge on any atom is -0.316 e. The molecule has 0 saturated heterocycles. The quantitative estimate of drug-likeness (QED) is 0.401.